The van der Waals surface area contributed by atoms with Gasteiger partial charge in [-0.1, -0.05) is 12.1 Å². The minimum atomic E-state index is -4.47. The summed E-state index contributed by atoms with van der Waals surface area (Å²) in [5.41, 5.74) is 0.439. The summed E-state index contributed by atoms with van der Waals surface area (Å²) in [6.45, 7) is 12.9. The molecule has 0 saturated carbocycles. The zero-order chi connectivity index (χ0) is 27.5. The van der Waals surface area contributed by atoms with E-state index in [0.29, 0.717) is 39.4 Å². The molecule has 1 aromatic carbocycles. The van der Waals surface area contributed by atoms with E-state index in [9.17, 15) is 21.6 Å². The summed E-state index contributed by atoms with van der Waals surface area (Å²) in [6, 6.07) is 5.34. The van der Waals surface area contributed by atoms with Gasteiger partial charge in [-0.15, -0.1) is 0 Å². The highest BCUT2D eigenvalue weighted by Gasteiger charge is 2.47. The van der Waals surface area contributed by atoms with Crippen molar-refractivity contribution in [3.05, 3.63) is 76.2 Å². The number of fused-ring (bicyclic) bond motifs is 3. The summed E-state index contributed by atoms with van der Waals surface area (Å²) in [4.78, 5) is 17.5. The Kier molecular flexibility index (Phi) is 6.10. The van der Waals surface area contributed by atoms with Crippen LogP contribution in [-0.4, -0.2) is 39.3 Å². The predicted octanol–water partition coefficient (Wildman–Crippen LogP) is 5.41. The van der Waals surface area contributed by atoms with Crippen molar-refractivity contribution >= 4 is 32.3 Å². The Hall–Kier alpha value is -3.72. The molecule has 1 saturated heterocycles. The fourth-order valence-electron chi connectivity index (χ4n) is 5.25. The maximum absolute atomic E-state index is 13.5. The monoisotopic (exact) mass is 542 g/mol. The van der Waals surface area contributed by atoms with E-state index in [-0.39, 0.29) is 29.9 Å². The van der Waals surface area contributed by atoms with Crippen LogP contribution in [0.25, 0.3) is 21.5 Å². The average Bonchev–Trinajstić information content (AvgIpc) is 3.34. The van der Waals surface area contributed by atoms with Gasteiger partial charge in [-0.25, -0.2) is 29.9 Å². The molecule has 1 fully saturated rings. The largest absolute Gasteiger partial charge is 0.416 e. The average molecular weight is 543 g/mol. The predicted molar refractivity (Wildman–Crippen MR) is 137 cm³/mol. The number of hydrogen-bond donors (Lipinski definition) is 1. The lowest BCUT2D eigenvalue weighted by atomic mass is 9.85. The van der Waals surface area contributed by atoms with Crippen molar-refractivity contribution in [3.63, 3.8) is 0 Å². The molecule has 8 nitrogen and oxygen atoms in total. The zero-order valence-corrected chi connectivity index (χ0v) is 21.8. The van der Waals surface area contributed by atoms with Gasteiger partial charge in [0, 0.05) is 25.2 Å². The first-order chi connectivity index (χ1) is 17.8. The molecule has 1 aliphatic heterocycles. The second kappa shape index (κ2) is 8.94. The van der Waals surface area contributed by atoms with E-state index < -0.39 is 33.2 Å². The lowest BCUT2D eigenvalue weighted by Crippen LogP contribution is -2.35. The van der Waals surface area contributed by atoms with Crippen LogP contribution in [0.1, 0.15) is 53.9 Å². The van der Waals surface area contributed by atoms with Crippen LogP contribution in [0.2, 0.25) is 0 Å². The van der Waals surface area contributed by atoms with E-state index >= 15 is 0 Å². The molecule has 0 unspecified atom stereocenters. The highest BCUT2D eigenvalue weighted by molar-refractivity contribution is 7.91. The number of imidazole rings is 1. The molecule has 1 aliphatic rings. The number of aryl methyl sites for hydroxylation is 1. The molecule has 0 aliphatic carbocycles. The van der Waals surface area contributed by atoms with Crippen LogP contribution < -0.4 is 5.32 Å². The van der Waals surface area contributed by atoms with Crippen LogP contribution in [0.4, 0.5) is 19.0 Å². The van der Waals surface area contributed by atoms with E-state index in [2.05, 4.69) is 25.1 Å². The van der Waals surface area contributed by atoms with Crippen molar-refractivity contribution in [2.24, 2.45) is 0 Å². The highest BCUT2D eigenvalue weighted by atomic mass is 32.2. The third-order valence-corrected chi connectivity index (χ3v) is 8.96. The number of halogens is 3. The van der Waals surface area contributed by atoms with Gasteiger partial charge in [-0.05, 0) is 44.0 Å². The number of nitrogens with one attached hydrogen (secondary N) is 1. The lowest BCUT2D eigenvalue weighted by molar-refractivity contribution is -0.138. The first-order valence-corrected chi connectivity index (χ1v) is 13.8. The molecule has 1 atom stereocenters. The van der Waals surface area contributed by atoms with E-state index in [4.69, 9.17) is 6.57 Å². The van der Waals surface area contributed by atoms with Crippen molar-refractivity contribution in [2.75, 3.05) is 16.8 Å². The first kappa shape index (κ1) is 25.9. The van der Waals surface area contributed by atoms with E-state index in [1.54, 1.807) is 42.8 Å². The number of pyridine rings is 1. The van der Waals surface area contributed by atoms with Gasteiger partial charge in [0.15, 0.2) is 15.5 Å². The quantitative estimate of drug-likeness (QED) is 0.347. The number of benzene rings is 1. The van der Waals surface area contributed by atoms with Gasteiger partial charge in [0.1, 0.15) is 17.3 Å². The van der Waals surface area contributed by atoms with Gasteiger partial charge >= 0.3 is 6.18 Å². The molecular formula is C26H25F3N6O2S. The van der Waals surface area contributed by atoms with Crippen LogP contribution in [-0.2, 0) is 21.6 Å². The summed E-state index contributed by atoms with van der Waals surface area (Å²) in [5.74, 6) is 0.653. The maximum atomic E-state index is 13.5. The van der Waals surface area contributed by atoms with Crippen LogP contribution in [0.5, 0.6) is 0 Å². The summed E-state index contributed by atoms with van der Waals surface area (Å²) < 4.78 is 66.6. The Morgan fingerprint density at radius 1 is 1.16 bits per heavy atom. The van der Waals surface area contributed by atoms with Crippen LogP contribution in [0.3, 0.4) is 0 Å². The molecule has 4 aromatic rings. The molecule has 0 amide bonds. The lowest BCUT2D eigenvalue weighted by Gasteiger charge is -2.27. The molecule has 4 heterocycles. The minimum absolute atomic E-state index is 0.0956. The minimum Gasteiger partial charge on any atom is -0.363 e. The number of rotatable bonds is 4. The Morgan fingerprint density at radius 3 is 2.53 bits per heavy atom. The highest BCUT2D eigenvalue weighted by Crippen LogP contribution is 2.42. The van der Waals surface area contributed by atoms with Crippen LogP contribution in [0.15, 0.2) is 36.7 Å². The molecule has 5 rings (SSSR count). The van der Waals surface area contributed by atoms with Crippen molar-refractivity contribution in [1.29, 1.82) is 0 Å². The smallest absolute Gasteiger partial charge is 0.363 e. The second-order valence-corrected chi connectivity index (χ2v) is 12.0. The van der Waals surface area contributed by atoms with E-state index in [1.165, 1.54) is 13.0 Å². The van der Waals surface area contributed by atoms with Gasteiger partial charge < -0.3 is 10.2 Å². The van der Waals surface area contributed by atoms with Gasteiger partial charge in [0.05, 0.1) is 34.1 Å². The summed E-state index contributed by atoms with van der Waals surface area (Å²) >= 11 is 0. The maximum Gasteiger partial charge on any atom is 0.416 e. The molecule has 0 spiro atoms. The fourth-order valence-corrected chi connectivity index (χ4v) is 6.75. The number of anilines is 1. The number of alkyl halides is 3. The molecule has 12 heteroatoms. The molecule has 3 aromatic heterocycles. The Bertz CT molecular complexity index is 1710. The third kappa shape index (κ3) is 4.34. The Balaban J connectivity index is 1.66. The normalized spacial score (nSPS) is 17.8. The Morgan fingerprint density at radius 2 is 1.87 bits per heavy atom. The first-order valence-electron chi connectivity index (χ1n) is 12.0. The third-order valence-electron chi connectivity index (χ3n) is 7.31. The summed E-state index contributed by atoms with van der Waals surface area (Å²) in [7, 11) is -3.22. The molecule has 198 valence electrons. The summed E-state index contributed by atoms with van der Waals surface area (Å²) in [6.07, 6.45) is -0.879. The molecule has 0 radical (unpaired) electrons. The second-order valence-electron chi connectivity index (χ2n) is 9.71. The topological polar surface area (TPSA) is 93.6 Å². The standard InChI is InChI=1S/C26H25F3N6O2S/c1-15-18(6-5-7-20(15)26(27,28)29)16(2)32-22-19-14-21(25(30-4)8-12-38(36,37)13-9-25)24-31-10-11-35(24)23(19)34-17(3)33-22/h5-7,10-11,14,16H,8-9,12-13H2,1-3H3,(H,32,33,34)/t16-/m1/s1. The molecule has 1 N–H and O–H groups in total. The number of hydrogen-bond acceptors (Lipinski definition) is 6. The fraction of sp³-hybridized carbons (Fsp3) is 0.385. The van der Waals surface area contributed by atoms with Gasteiger partial charge in [0.25, 0.3) is 5.54 Å². The zero-order valence-electron chi connectivity index (χ0n) is 21.0. The SMILES string of the molecule is [C-]#[N+]C1(c2cc3c(N[C@H](C)c4cccc(C(F)(F)F)c4C)nc(C)nc3n3ccnc23)CCS(=O)(=O)CC1. The molecule has 0 bridgehead atoms. The van der Waals surface area contributed by atoms with Gasteiger partial charge in [-0.2, -0.15) is 13.2 Å². The van der Waals surface area contributed by atoms with Gasteiger partial charge in [-0.3, -0.25) is 4.40 Å². The number of sulfone groups is 1. The van der Waals surface area contributed by atoms with Crippen LogP contribution >= 0.6 is 0 Å². The summed E-state index contributed by atoms with van der Waals surface area (Å²) in [5, 5.41) is 3.83. The van der Waals surface area contributed by atoms with E-state index in [1.807, 2.05) is 0 Å². The number of nitrogens with zero attached hydrogens (tertiary/aromatic N) is 5. The van der Waals surface area contributed by atoms with Crippen LogP contribution in [0, 0.1) is 20.4 Å². The van der Waals surface area contributed by atoms with Crippen molar-refractivity contribution < 1.29 is 21.6 Å². The Labute approximate surface area is 217 Å². The van der Waals surface area contributed by atoms with Crippen molar-refractivity contribution in [3.8, 4) is 0 Å². The van der Waals surface area contributed by atoms with Crippen molar-refractivity contribution in [2.45, 2.75) is 51.4 Å². The van der Waals surface area contributed by atoms with Crippen molar-refractivity contribution in [1.82, 2.24) is 19.4 Å². The van der Waals surface area contributed by atoms with Gasteiger partial charge in [0.2, 0.25) is 0 Å². The van der Waals surface area contributed by atoms with E-state index in [0.717, 1.165) is 6.07 Å². The molecular weight excluding hydrogens is 517 g/mol. The molecule has 38 heavy (non-hydrogen) atoms. The number of aromatic nitrogens is 4.